The van der Waals surface area contributed by atoms with Crippen molar-refractivity contribution in [1.82, 2.24) is 24.5 Å². The molecule has 0 aliphatic heterocycles. The van der Waals surface area contributed by atoms with Gasteiger partial charge < -0.3 is 5.32 Å². The third-order valence-electron chi connectivity index (χ3n) is 2.98. The fourth-order valence-corrected chi connectivity index (χ4v) is 3.32. The SMILES string of the molecule is CCCc1nnc(SCC(=O)Nc2nccs2)n1-n1cccc1. The highest BCUT2D eigenvalue weighted by Gasteiger charge is 2.15. The number of nitrogens with one attached hydrogen (secondary N) is 1. The Kier molecular flexibility index (Phi) is 5.09. The van der Waals surface area contributed by atoms with Gasteiger partial charge in [-0.15, -0.1) is 21.5 Å². The number of carbonyl (C=O) groups excluding carboxylic acids is 1. The molecule has 0 radical (unpaired) electrons. The molecule has 1 N–H and O–H groups in total. The molecule has 3 heterocycles. The van der Waals surface area contributed by atoms with E-state index in [9.17, 15) is 4.79 Å². The van der Waals surface area contributed by atoms with Crippen LogP contribution >= 0.6 is 23.1 Å². The number of rotatable bonds is 7. The van der Waals surface area contributed by atoms with Gasteiger partial charge in [0.1, 0.15) is 0 Å². The first-order chi connectivity index (χ1) is 11.3. The third-order valence-corrected chi connectivity index (χ3v) is 4.59. The number of anilines is 1. The number of carbonyl (C=O) groups is 1. The van der Waals surface area contributed by atoms with E-state index in [1.807, 2.05) is 39.3 Å². The van der Waals surface area contributed by atoms with Crippen molar-refractivity contribution >= 4 is 34.1 Å². The van der Waals surface area contributed by atoms with Gasteiger partial charge in [-0.1, -0.05) is 18.7 Å². The molecule has 7 nitrogen and oxygen atoms in total. The molecule has 0 aromatic carbocycles. The number of hydrogen-bond donors (Lipinski definition) is 1. The van der Waals surface area contributed by atoms with Crippen molar-refractivity contribution in [2.24, 2.45) is 0 Å². The van der Waals surface area contributed by atoms with Crippen LogP contribution < -0.4 is 5.32 Å². The number of amides is 1. The maximum atomic E-state index is 12.0. The summed E-state index contributed by atoms with van der Waals surface area (Å²) in [7, 11) is 0. The first-order valence-corrected chi connectivity index (χ1v) is 9.04. The number of aryl methyl sites for hydroxylation is 1. The zero-order valence-corrected chi connectivity index (χ0v) is 14.2. The average Bonchev–Trinajstić information content (AvgIpc) is 3.27. The van der Waals surface area contributed by atoms with Crippen LogP contribution in [0.3, 0.4) is 0 Å². The van der Waals surface area contributed by atoms with Gasteiger partial charge in [0.05, 0.1) is 5.75 Å². The second-order valence-electron chi connectivity index (χ2n) is 4.70. The Bertz CT molecular complexity index is 750. The van der Waals surface area contributed by atoms with Gasteiger partial charge in [-0.05, 0) is 18.6 Å². The lowest BCUT2D eigenvalue weighted by molar-refractivity contribution is -0.113. The highest BCUT2D eigenvalue weighted by molar-refractivity contribution is 7.99. The zero-order chi connectivity index (χ0) is 16.1. The van der Waals surface area contributed by atoms with Crippen LogP contribution in [0.2, 0.25) is 0 Å². The number of hydrogen-bond acceptors (Lipinski definition) is 6. The molecule has 0 spiro atoms. The molecule has 0 aliphatic rings. The minimum absolute atomic E-state index is 0.107. The summed E-state index contributed by atoms with van der Waals surface area (Å²) in [5.41, 5.74) is 0. The minimum Gasteiger partial charge on any atom is -0.301 e. The molecule has 0 atom stereocenters. The van der Waals surface area contributed by atoms with E-state index in [4.69, 9.17) is 0 Å². The van der Waals surface area contributed by atoms with Gasteiger partial charge >= 0.3 is 0 Å². The molecule has 0 fully saturated rings. The summed E-state index contributed by atoms with van der Waals surface area (Å²) in [6.45, 7) is 2.10. The van der Waals surface area contributed by atoms with Gasteiger partial charge in [-0.25, -0.2) is 9.66 Å². The van der Waals surface area contributed by atoms with Crippen LogP contribution in [-0.2, 0) is 11.2 Å². The summed E-state index contributed by atoms with van der Waals surface area (Å²) in [4.78, 5) is 16.0. The van der Waals surface area contributed by atoms with E-state index in [1.165, 1.54) is 23.1 Å². The van der Waals surface area contributed by atoms with Crippen molar-refractivity contribution in [2.45, 2.75) is 24.9 Å². The van der Waals surface area contributed by atoms with Crippen LogP contribution in [0.4, 0.5) is 5.13 Å². The van der Waals surface area contributed by atoms with Gasteiger partial charge in [0.2, 0.25) is 11.1 Å². The van der Waals surface area contributed by atoms with Crippen LogP contribution in [0, 0.1) is 0 Å². The van der Waals surface area contributed by atoms with E-state index in [-0.39, 0.29) is 11.7 Å². The van der Waals surface area contributed by atoms with Crippen LogP contribution in [0.25, 0.3) is 0 Å². The molecular formula is C14H16N6OS2. The summed E-state index contributed by atoms with van der Waals surface area (Å²) in [6, 6.07) is 3.89. The van der Waals surface area contributed by atoms with E-state index in [2.05, 4.69) is 27.4 Å². The number of thiazole rings is 1. The molecule has 120 valence electrons. The van der Waals surface area contributed by atoms with E-state index in [0.29, 0.717) is 10.3 Å². The lowest BCUT2D eigenvalue weighted by Gasteiger charge is -2.10. The third kappa shape index (κ3) is 3.80. The average molecular weight is 348 g/mol. The smallest absolute Gasteiger partial charge is 0.236 e. The van der Waals surface area contributed by atoms with Crippen molar-refractivity contribution in [3.8, 4) is 0 Å². The fourth-order valence-electron chi connectivity index (χ4n) is 2.03. The van der Waals surface area contributed by atoms with Crippen molar-refractivity contribution in [3.05, 3.63) is 41.9 Å². The summed E-state index contributed by atoms with van der Waals surface area (Å²) >= 11 is 2.75. The number of aromatic nitrogens is 5. The summed E-state index contributed by atoms with van der Waals surface area (Å²) < 4.78 is 3.86. The van der Waals surface area contributed by atoms with E-state index < -0.39 is 0 Å². The van der Waals surface area contributed by atoms with Gasteiger partial charge in [0.15, 0.2) is 11.0 Å². The largest absolute Gasteiger partial charge is 0.301 e. The maximum Gasteiger partial charge on any atom is 0.236 e. The molecule has 0 aliphatic carbocycles. The number of nitrogens with zero attached hydrogens (tertiary/aromatic N) is 5. The summed E-state index contributed by atoms with van der Waals surface area (Å²) in [5.74, 6) is 1.03. The Morgan fingerprint density at radius 3 is 2.87 bits per heavy atom. The van der Waals surface area contributed by atoms with Gasteiger partial charge in [0, 0.05) is 30.4 Å². The topological polar surface area (TPSA) is 77.6 Å². The lowest BCUT2D eigenvalue weighted by atomic mass is 10.3. The van der Waals surface area contributed by atoms with Crippen LogP contribution in [0.15, 0.2) is 41.3 Å². The first kappa shape index (κ1) is 15.8. The Balaban J connectivity index is 1.71. The fraction of sp³-hybridized carbons (Fsp3) is 0.286. The molecule has 23 heavy (non-hydrogen) atoms. The molecule has 9 heteroatoms. The van der Waals surface area contributed by atoms with Gasteiger partial charge in [-0.3, -0.25) is 9.47 Å². The number of thioether (sulfide) groups is 1. The monoisotopic (exact) mass is 348 g/mol. The van der Waals surface area contributed by atoms with Crippen molar-refractivity contribution < 1.29 is 4.79 Å². The molecular weight excluding hydrogens is 332 g/mol. The second-order valence-corrected chi connectivity index (χ2v) is 6.53. The van der Waals surface area contributed by atoms with Crippen molar-refractivity contribution in [1.29, 1.82) is 0 Å². The molecule has 0 saturated heterocycles. The van der Waals surface area contributed by atoms with Crippen LogP contribution in [0.1, 0.15) is 19.2 Å². The lowest BCUT2D eigenvalue weighted by Crippen LogP contribution is -2.16. The van der Waals surface area contributed by atoms with Crippen molar-refractivity contribution in [2.75, 3.05) is 11.1 Å². The molecule has 3 aromatic heterocycles. The molecule has 1 amide bonds. The van der Waals surface area contributed by atoms with Crippen LogP contribution in [0.5, 0.6) is 0 Å². The van der Waals surface area contributed by atoms with E-state index >= 15 is 0 Å². The summed E-state index contributed by atoms with van der Waals surface area (Å²) in [5, 5.41) is 14.3. The zero-order valence-electron chi connectivity index (χ0n) is 12.5. The quantitative estimate of drug-likeness (QED) is 0.664. The first-order valence-electron chi connectivity index (χ1n) is 7.18. The normalized spacial score (nSPS) is 10.8. The van der Waals surface area contributed by atoms with E-state index in [0.717, 1.165) is 18.7 Å². The Morgan fingerprint density at radius 2 is 2.17 bits per heavy atom. The predicted molar refractivity (Wildman–Crippen MR) is 90.7 cm³/mol. The molecule has 0 unspecified atom stereocenters. The van der Waals surface area contributed by atoms with Gasteiger partial charge in [0.25, 0.3) is 0 Å². The second kappa shape index (κ2) is 7.42. The van der Waals surface area contributed by atoms with Gasteiger partial charge in [-0.2, -0.15) is 0 Å². The molecule has 0 bridgehead atoms. The highest BCUT2D eigenvalue weighted by Crippen LogP contribution is 2.19. The van der Waals surface area contributed by atoms with Crippen molar-refractivity contribution in [3.63, 3.8) is 0 Å². The molecule has 3 rings (SSSR count). The Morgan fingerprint density at radius 1 is 1.35 bits per heavy atom. The molecule has 3 aromatic rings. The van der Waals surface area contributed by atoms with Crippen LogP contribution in [-0.4, -0.2) is 36.2 Å². The minimum atomic E-state index is -0.107. The van der Waals surface area contributed by atoms with E-state index in [1.54, 1.807) is 6.20 Å². The molecule has 0 saturated carbocycles. The Labute approximate surface area is 141 Å². The predicted octanol–water partition coefficient (Wildman–Crippen LogP) is 2.53. The summed E-state index contributed by atoms with van der Waals surface area (Å²) in [6.07, 6.45) is 7.34. The maximum absolute atomic E-state index is 12.0. The standard InChI is InChI=1S/C14H16N6OS2/c1-2-5-11-17-18-14(20(11)19-7-3-4-8-19)23-10-12(21)16-13-15-6-9-22-13/h3-4,6-9H,2,5,10H2,1H3,(H,15,16,21). The Hall–Kier alpha value is -2.13. The highest BCUT2D eigenvalue weighted by atomic mass is 32.2.